The van der Waals surface area contributed by atoms with Gasteiger partial charge in [0.15, 0.2) is 0 Å². The quantitative estimate of drug-likeness (QED) is 0.387. The molecule has 1 aromatic heterocycles. The molecule has 1 N–H and O–H groups in total. The minimum atomic E-state index is -0.117. The zero-order chi connectivity index (χ0) is 21.6. The summed E-state index contributed by atoms with van der Waals surface area (Å²) in [4.78, 5) is 13.0. The number of amides is 1. The maximum atomic E-state index is 13.0. The number of carbonyl (C=O) groups is 1. The van der Waals surface area contributed by atoms with Crippen molar-refractivity contribution in [3.63, 3.8) is 0 Å². The molecular formula is C26H24ClN3O. The van der Waals surface area contributed by atoms with Crippen molar-refractivity contribution in [1.29, 1.82) is 0 Å². The third-order valence-electron chi connectivity index (χ3n) is 5.16. The summed E-state index contributed by atoms with van der Waals surface area (Å²) in [5, 5.41) is 8.20. The number of aromatic nitrogens is 2. The Labute approximate surface area is 187 Å². The van der Waals surface area contributed by atoms with E-state index in [4.69, 9.17) is 11.6 Å². The fraction of sp³-hybridized carbons (Fsp3) is 0.154. The van der Waals surface area contributed by atoms with Crippen LogP contribution in [0.1, 0.15) is 35.0 Å². The number of nitrogens with zero attached hydrogens (tertiary/aromatic N) is 2. The van der Waals surface area contributed by atoms with Gasteiger partial charge in [-0.05, 0) is 53.4 Å². The molecule has 4 aromatic rings. The van der Waals surface area contributed by atoms with Gasteiger partial charge in [0.1, 0.15) is 0 Å². The molecule has 0 radical (unpaired) electrons. The maximum absolute atomic E-state index is 13.0. The van der Waals surface area contributed by atoms with Crippen LogP contribution in [0.2, 0.25) is 5.02 Å². The summed E-state index contributed by atoms with van der Waals surface area (Å²) in [5.74, 6) is -0.117. The summed E-state index contributed by atoms with van der Waals surface area (Å²) in [6, 6.07) is 25.9. The van der Waals surface area contributed by atoms with Crippen LogP contribution in [-0.2, 0) is 13.0 Å². The molecule has 0 spiro atoms. The van der Waals surface area contributed by atoms with Gasteiger partial charge < -0.3 is 5.32 Å². The first-order valence-electron chi connectivity index (χ1n) is 10.4. The van der Waals surface area contributed by atoms with Gasteiger partial charge in [-0.3, -0.25) is 4.79 Å². The van der Waals surface area contributed by atoms with Crippen molar-refractivity contribution in [2.75, 3.05) is 0 Å². The molecule has 4 nitrogen and oxygen atoms in total. The van der Waals surface area contributed by atoms with Crippen LogP contribution in [0, 0.1) is 0 Å². The summed E-state index contributed by atoms with van der Waals surface area (Å²) in [6.45, 7) is 2.55. The number of benzene rings is 3. The number of rotatable bonds is 7. The third-order valence-corrected chi connectivity index (χ3v) is 5.41. The Morgan fingerprint density at radius 1 is 0.968 bits per heavy atom. The van der Waals surface area contributed by atoms with E-state index >= 15 is 0 Å². The normalized spacial score (nSPS) is 10.8. The van der Waals surface area contributed by atoms with Crippen molar-refractivity contribution >= 4 is 17.5 Å². The lowest BCUT2D eigenvalue weighted by Gasteiger charge is -2.10. The Kier molecular flexibility index (Phi) is 6.48. The van der Waals surface area contributed by atoms with E-state index in [1.807, 2.05) is 59.3 Å². The van der Waals surface area contributed by atoms with Crippen LogP contribution in [0.3, 0.4) is 0 Å². The molecule has 3 aromatic carbocycles. The largest absolute Gasteiger partial charge is 0.348 e. The van der Waals surface area contributed by atoms with E-state index in [1.54, 1.807) is 6.20 Å². The van der Waals surface area contributed by atoms with Crippen LogP contribution < -0.4 is 5.32 Å². The fourth-order valence-corrected chi connectivity index (χ4v) is 3.74. The summed E-state index contributed by atoms with van der Waals surface area (Å²) < 4.78 is 1.82. The standard InChI is InChI=1S/C26H24ClN3O/c1-2-7-25-24(18-29-30(25)23-14-12-22(27)13-15-23)26(31)28-17-19-8-6-11-21(16-19)20-9-4-3-5-10-20/h3-6,8-16,18H,2,7,17H2,1H3,(H,28,31). The molecule has 0 aliphatic heterocycles. The Hall–Kier alpha value is -3.37. The number of hydrogen-bond acceptors (Lipinski definition) is 2. The van der Waals surface area contributed by atoms with E-state index in [1.165, 1.54) is 0 Å². The predicted molar refractivity (Wildman–Crippen MR) is 126 cm³/mol. The van der Waals surface area contributed by atoms with Crippen molar-refractivity contribution in [3.05, 3.63) is 107 Å². The Morgan fingerprint density at radius 2 is 1.71 bits per heavy atom. The average Bonchev–Trinajstić information content (AvgIpc) is 3.23. The van der Waals surface area contributed by atoms with E-state index in [9.17, 15) is 4.79 Å². The number of carbonyl (C=O) groups excluding carboxylic acids is 1. The molecule has 0 aliphatic carbocycles. The average molecular weight is 430 g/mol. The van der Waals surface area contributed by atoms with E-state index in [0.29, 0.717) is 17.1 Å². The first-order chi connectivity index (χ1) is 15.2. The predicted octanol–water partition coefficient (Wildman–Crippen LogP) is 6.08. The van der Waals surface area contributed by atoms with Crippen LogP contribution in [0.15, 0.2) is 85.1 Å². The van der Waals surface area contributed by atoms with E-state index in [0.717, 1.165) is 40.9 Å². The molecule has 0 saturated heterocycles. The molecule has 0 bridgehead atoms. The molecule has 0 fully saturated rings. The van der Waals surface area contributed by atoms with Crippen LogP contribution >= 0.6 is 11.6 Å². The molecule has 156 valence electrons. The lowest BCUT2D eigenvalue weighted by atomic mass is 10.0. The van der Waals surface area contributed by atoms with Crippen molar-refractivity contribution in [2.24, 2.45) is 0 Å². The molecule has 0 atom stereocenters. The first kappa shape index (κ1) is 20.9. The molecule has 0 saturated carbocycles. The maximum Gasteiger partial charge on any atom is 0.255 e. The molecular weight excluding hydrogens is 406 g/mol. The number of halogens is 1. The van der Waals surface area contributed by atoms with Crippen molar-refractivity contribution in [2.45, 2.75) is 26.3 Å². The third kappa shape index (κ3) is 4.86. The van der Waals surface area contributed by atoms with Crippen molar-refractivity contribution < 1.29 is 4.79 Å². The molecule has 0 aliphatic rings. The van der Waals surface area contributed by atoms with Gasteiger partial charge in [-0.1, -0.05) is 73.5 Å². The molecule has 0 unspecified atom stereocenters. The van der Waals surface area contributed by atoms with Gasteiger partial charge in [0.05, 0.1) is 23.1 Å². The van der Waals surface area contributed by atoms with Crippen molar-refractivity contribution in [3.8, 4) is 16.8 Å². The summed E-state index contributed by atoms with van der Waals surface area (Å²) >= 11 is 6.01. The molecule has 5 heteroatoms. The topological polar surface area (TPSA) is 46.9 Å². The summed E-state index contributed by atoms with van der Waals surface area (Å²) in [7, 11) is 0. The zero-order valence-electron chi connectivity index (χ0n) is 17.4. The highest BCUT2D eigenvalue weighted by atomic mass is 35.5. The minimum Gasteiger partial charge on any atom is -0.348 e. The molecule has 1 amide bonds. The molecule has 31 heavy (non-hydrogen) atoms. The van der Waals surface area contributed by atoms with E-state index in [-0.39, 0.29) is 5.91 Å². The Bertz CT molecular complexity index is 1170. The summed E-state index contributed by atoms with van der Waals surface area (Å²) in [6.07, 6.45) is 3.32. The van der Waals surface area contributed by atoms with Crippen molar-refractivity contribution in [1.82, 2.24) is 15.1 Å². The van der Waals surface area contributed by atoms with Gasteiger partial charge >= 0.3 is 0 Å². The fourth-order valence-electron chi connectivity index (χ4n) is 3.61. The molecule has 4 rings (SSSR count). The van der Waals surface area contributed by atoms with Crippen LogP contribution in [-0.4, -0.2) is 15.7 Å². The van der Waals surface area contributed by atoms with Crippen LogP contribution in [0.5, 0.6) is 0 Å². The van der Waals surface area contributed by atoms with Gasteiger partial charge in [-0.15, -0.1) is 0 Å². The highest BCUT2D eigenvalue weighted by Crippen LogP contribution is 2.21. The van der Waals surface area contributed by atoms with E-state index < -0.39 is 0 Å². The van der Waals surface area contributed by atoms with Crippen LogP contribution in [0.25, 0.3) is 16.8 Å². The zero-order valence-corrected chi connectivity index (χ0v) is 18.1. The second-order valence-electron chi connectivity index (χ2n) is 7.39. The van der Waals surface area contributed by atoms with Gasteiger partial charge in [-0.2, -0.15) is 5.10 Å². The first-order valence-corrected chi connectivity index (χ1v) is 10.8. The highest BCUT2D eigenvalue weighted by molar-refractivity contribution is 6.30. The lowest BCUT2D eigenvalue weighted by Crippen LogP contribution is -2.24. The second kappa shape index (κ2) is 9.63. The number of nitrogens with one attached hydrogen (secondary N) is 1. The lowest BCUT2D eigenvalue weighted by molar-refractivity contribution is 0.0950. The Balaban J connectivity index is 1.52. The minimum absolute atomic E-state index is 0.117. The van der Waals surface area contributed by atoms with Crippen LogP contribution in [0.4, 0.5) is 0 Å². The van der Waals surface area contributed by atoms with E-state index in [2.05, 4.69) is 41.6 Å². The SMILES string of the molecule is CCCc1c(C(=O)NCc2cccc(-c3ccccc3)c2)cnn1-c1ccc(Cl)cc1. The molecule has 1 heterocycles. The monoisotopic (exact) mass is 429 g/mol. The van der Waals surface area contributed by atoms with Gasteiger partial charge in [0.25, 0.3) is 5.91 Å². The highest BCUT2D eigenvalue weighted by Gasteiger charge is 2.18. The number of hydrogen-bond donors (Lipinski definition) is 1. The Morgan fingerprint density at radius 3 is 2.45 bits per heavy atom. The van der Waals surface area contributed by atoms with Gasteiger partial charge in [0.2, 0.25) is 0 Å². The summed E-state index contributed by atoms with van der Waals surface area (Å²) in [5.41, 5.74) is 5.75. The smallest absolute Gasteiger partial charge is 0.255 e. The van der Waals surface area contributed by atoms with Gasteiger partial charge in [0, 0.05) is 11.6 Å². The second-order valence-corrected chi connectivity index (χ2v) is 7.83. The van der Waals surface area contributed by atoms with Gasteiger partial charge in [-0.25, -0.2) is 4.68 Å².